The standard InChI is InChI=1S/C12H8N4O3S/c13-4-5-7(6-2-1-3-19-6)8-9(14-10(5)17)15-12(20)16-11(8)18/h1-3,5,7H,(H3,14,15,16,17,18,20)/t5-,7-/m1/s1. The predicted octanol–water partition coefficient (Wildman–Crippen LogP) is 1.25. The lowest BCUT2D eigenvalue weighted by Gasteiger charge is -2.26. The van der Waals surface area contributed by atoms with Crippen LogP contribution in [0.1, 0.15) is 17.2 Å². The summed E-state index contributed by atoms with van der Waals surface area (Å²) in [5, 5.41) is 11.7. The Bertz CT molecular complexity index is 828. The zero-order chi connectivity index (χ0) is 14.3. The predicted molar refractivity (Wildman–Crippen MR) is 70.5 cm³/mol. The molecule has 0 spiro atoms. The Morgan fingerprint density at radius 3 is 2.80 bits per heavy atom. The highest BCUT2D eigenvalue weighted by Gasteiger charge is 2.41. The molecule has 2 atom stereocenters. The maximum absolute atomic E-state index is 12.1. The van der Waals surface area contributed by atoms with Crippen LogP contribution in [-0.4, -0.2) is 15.9 Å². The Morgan fingerprint density at radius 2 is 2.15 bits per heavy atom. The maximum Gasteiger partial charge on any atom is 0.257 e. The number of fused-ring (bicyclic) bond motifs is 1. The Balaban J connectivity index is 2.31. The number of aromatic nitrogens is 2. The van der Waals surface area contributed by atoms with Gasteiger partial charge in [0.2, 0.25) is 5.91 Å². The summed E-state index contributed by atoms with van der Waals surface area (Å²) < 4.78 is 5.37. The number of carbonyl (C=O) groups excluding carboxylic acids is 1. The van der Waals surface area contributed by atoms with Crippen molar-refractivity contribution in [2.45, 2.75) is 5.92 Å². The smallest absolute Gasteiger partial charge is 0.257 e. The van der Waals surface area contributed by atoms with E-state index >= 15 is 0 Å². The summed E-state index contributed by atoms with van der Waals surface area (Å²) in [4.78, 5) is 29.3. The SMILES string of the molecule is N#C[C@H]1C(=O)Nc2[nH]c(=S)[nH]c(=O)c2[C@H]1c1ccco1. The fourth-order valence-corrected chi connectivity index (χ4v) is 2.51. The Morgan fingerprint density at radius 1 is 1.35 bits per heavy atom. The number of hydrogen-bond acceptors (Lipinski definition) is 5. The van der Waals surface area contributed by atoms with Crippen molar-refractivity contribution in [1.29, 1.82) is 5.26 Å². The third kappa shape index (κ3) is 1.76. The lowest BCUT2D eigenvalue weighted by atomic mass is 9.82. The van der Waals surface area contributed by atoms with Gasteiger partial charge in [0.25, 0.3) is 5.56 Å². The number of amides is 1. The Kier molecular flexibility index (Phi) is 2.76. The van der Waals surface area contributed by atoms with Crippen LogP contribution >= 0.6 is 12.2 Å². The molecule has 1 amide bonds. The number of nitrogens with one attached hydrogen (secondary N) is 3. The second-order valence-corrected chi connectivity index (χ2v) is 4.69. The summed E-state index contributed by atoms with van der Waals surface area (Å²) in [6, 6.07) is 5.17. The van der Waals surface area contributed by atoms with Gasteiger partial charge in [-0.1, -0.05) is 0 Å². The fourth-order valence-electron chi connectivity index (χ4n) is 2.32. The third-order valence-electron chi connectivity index (χ3n) is 3.14. The molecule has 20 heavy (non-hydrogen) atoms. The van der Waals surface area contributed by atoms with Crippen LogP contribution in [0.5, 0.6) is 0 Å². The van der Waals surface area contributed by atoms with E-state index in [0.717, 1.165) is 0 Å². The molecule has 0 unspecified atom stereocenters. The summed E-state index contributed by atoms with van der Waals surface area (Å²) in [7, 11) is 0. The zero-order valence-electron chi connectivity index (χ0n) is 9.97. The first-order valence-corrected chi connectivity index (χ1v) is 6.13. The van der Waals surface area contributed by atoms with E-state index in [9.17, 15) is 14.9 Å². The van der Waals surface area contributed by atoms with Crippen molar-refractivity contribution in [2.24, 2.45) is 5.92 Å². The molecule has 0 saturated heterocycles. The first kappa shape index (κ1) is 12.4. The minimum absolute atomic E-state index is 0.0997. The van der Waals surface area contributed by atoms with E-state index in [0.29, 0.717) is 5.76 Å². The molecule has 100 valence electrons. The second-order valence-electron chi connectivity index (χ2n) is 4.29. The summed E-state index contributed by atoms with van der Waals surface area (Å²) >= 11 is 4.87. The van der Waals surface area contributed by atoms with Gasteiger partial charge in [-0.05, 0) is 24.4 Å². The number of hydrogen-bond donors (Lipinski definition) is 3. The van der Waals surface area contributed by atoms with Gasteiger partial charge in [-0.3, -0.25) is 14.6 Å². The minimum atomic E-state index is -1.04. The highest BCUT2D eigenvalue weighted by molar-refractivity contribution is 7.71. The van der Waals surface area contributed by atoms with Gasteiger partial charge in [-0.15, -0.1) is 0 Å². The third-order valence-corrected chi connectivity index (χ3v) is 3.35. The molecule has 7 nitrogen and oxygen atoms in total. The molecular formula is C12H8N4O3S. The van der Waals surface area contributed by atoms with Gasteiger partial charge < -0.3 is 14.7 Å². The highest BCUT2D eigenvalue weighted by atomic mass is 32.1. The van der Waals surface area contributed by atoms with E-state index in [4.69, 9.17) is 16.6 Å². The fraction of sp³-hybridized carbons (Fsp3) is 0.167. The van der Waals surface area contributed by atoms with E-state index in [1.165, 1.54) is 6.26 Å². The largest absolute Gasteiger partial charge is 0.469 e. The maximum atomic E-state index is 12.1. The first-order chi connectivity index (χ1) is 9.61. The molecule has 2 aromatic heterocycles. The normalized spacial score (nSPS) is 20.9. The number of nitrogens with zero attached hydrogens (tertiary/aromatic N) is 1. The van der Waals surface area contributed by atoms with Crippen LogP contribution in [0.25, 0.3) is 0 Å². The van der Waals surface area contributed by atoms with E-state index < -0.39 is 23.3 Å². The first-order valence-electron chi connectivity index (χ1n) is 5.72. The molecule has 0 aliphatic carbocycles. The van der Waals surface area contributed by atoms with Crippen molar-refractivity contribution < 1.29 is 9.21 Å². The lowest BCUT2D eigenvalue weighted by Crippen LogP contribution is -2.38. The number of nitriles is 1. The Labute approximate surface area is 117 Å². The van der Waals surface area contributed by atoms with Crippen molar-refractivity contribution in [3.63, 3.8) is 0 Å². The van der Waals surface area contributed by atoms with Crippen LogP contribution in [-0.2, 0) is 4.79 Å². The van der Waals surface area contributed by atoms with Crippen LogP contribution in [0, 0.1) is 22.0 Å². The van der Waals surface area contributed by atoms with Crippen molar-refractivity contribution >= 4 is 23.9 Å². The van der Waals surface area contributed by atoms with Gasteiger partial charge in [0, 0.05) is 0 Å². The van der Waals surface area contributed by atoms with Crippen LogP contribution < -0.4 is 10.9 Å². The molecule has 0 aromatic carbocycles. The molecule has 3 heterocycles. The van der Waals surface area contributed by atoms with Gasteiger partial charge in [0.15, 0.2) is 4.77 Å². The van der Waals surface area contributed by atoms with Gasteiger partial charge in [-0.2, -0.15) is 5.26 Å². The minimum Gasteiger partial charge on any atom is -0.469 e. The summed E-state index contributed by atoms with van der Waals surface area (Å²) in [6.07, 6.45) is 1.43. The number of anilines is 1. The molecule has 3 rings (SSSR count). The number of rotatable bonds is 1. The average Bonchev–Trinajstić information content (AvgIpc) is 2.90. The zero-order valence-corrected chi connectivity index (χ0v) is 10.8. The molecule has 0 fully saturated rings. The second kappa shape index (κ2) is 4.47. The van der Waals surface area contributed by atoms with Gasteiger partial charge in [0.1, 0.15) is 17.5 Å². The topological polar surface area (TPSA) is 115 Å². The molecule has 1 aliphatic heterocycles. The molecule has 1 aliphatic rings. The summed E-state index contributed by atoms with van der Waals surface area (Å²) in [6.45, 7) is 0. The van der Waals surface area contributed by atoms with Crippen LogP contribution in [0.4, 0.5) is 5.82 Å². The Hall–Kier alpha value is -2.66. The molecule has 8 heteroatoms. The summed E-state index contributed by atoms with van der Waals surface area (Å²) in [5.41, 5.74) is -0.217. The molecule has 0 saturated carbocycles. The monoisotopic (exact) mass is 288 g/mol. The lowest BCUT2D eigenvalue weighted by molar-refractivity contribution is -0.119. The number of aromatic amines is 2. The van der Waals surface area contributed by atoms with Gasteiger partial charge in [-0.25, -0.2) is 0 Å². The molecule has 3 N–H and O–H groups in total. The molecule has 2 aromatic rings. The molecular weight excluding hydrogens is 280 g/mol. The van der Waals surface area contributed by atoms with Gasteiger partial charge >= 0.3 is 0 Å². The van der Waals surface area contributed by atoms with Crippen molar-refractivity contribution in [3.05, 3.63) is 44.8 Å². The van der Waals surface area contributed by atoms with Crippen molar-refractivity contribution in [1.82, 2.24) is 9.97 Å². The van der Waals surface area contributed by atoms with Gasteiger partial charge in [0.05, 0.1) is 23.8 Å². The molecule has 0 radical (unpaired) electrons. The average molecular weight is 288 g/mol. The van der Waals surface area contributed by atoms with Crippen molar-refractivity contribution in [3.8, 4) is 6.07 Å². The highest BCUT2D eigenvalue weighted by Crippen LogP contribution is 2.37. The number of furan rings is 1. The quantitative estimate of drug-likeness (QED) is 0.683. The number of carbonyl (C=O) groups is 1. The van der Waals surface area contributed by atoms with Crippen LogP contribution in [0.15, 0.2) is 27.6 Å². The van der Waals surface area contributed by atoms with E-state index in [2.05, 4.69) is 15.3 Å². The molecule has 0 bridgehead atoms. The number of H-pyrrole nitrogens is 2. The van der Waals surface area contributed by atoms with Crippen LogP contribution in [0.3, 0.4) is 0 Å². The van der Waals surface area contributed by atoms with E-state index in [1.54, 1.807) is 12.1 Å². The van der Waals surface area contributed by atoms with E-state index in [1.807, 2.05) is 6.07 Å². The van der Waals surface area contributed by atoms with Crippen molar-refractivity contribution in [2.75, 3.05) is 5.32 Å². The van der Waals surface area contributed by atoms with Crippen LogP contribution in [0.2, 0.25) is 0 Å². The van der Waals surface area contributed by atoms with E-state index in [-0.39, 0.29) is 16.2 Å². The summed E-state index contributed by atoms with van der Waals surface area (Å²) in [5.74, 6) is -1.73.